The summed E-state index contributed by atoms with van der Waals surface area (Å²) in [7, 11) is 0. The van der Waals surface area contributed by atoms with Gasteiger partial charge in [0.15, 0.2) is 0 Å². The maximum absolute atomic E-state index is 5.93. The molecule has 0 aliphatic heterocycles. The molecule has 0 unspecified atom stereocenters. The molecule has 4 aromatic rings. The Hall–Kier alpha value is -4.40. The van der Waals surface area contributed by atoms with E-state index in [9.17, 15) is 0 Å². The molecule has 0 N–H and O–H groups in total. The van der Waals surface area contributed by atoms with E-state index < -0.39 is 0 Å². The summed E-state index contributed by atoms with van der Waals surface area (Å²) in [5.41, 5.74) is 4.22. The van der Waals surface area contributed by atoms with Gasteiger partial charge in [0, 0.05) is 0 Å². The van der Waals surface area contributed by atoms with E-state index in [1.807, 2.05) is 109 Å². The SMILES string of the molecule is C#C[C@H](c1ccc(OCc2ccccc2)cc1)[C@H](C#C)c1ccc(OCc2ccccc2)cc1. The smallest absolute Gasteiger partial charge is 0.119 e. The maximum atomic E-state index is 5.93. The Morgan fingerprint density at radius 1 is 0.500 bits per heavy atom. The first-order chi connectivity index (χ1) is 16.8. The van der Waals surface area contributed by atoms with Crippen LogP contribution in [-0.2, 0) is 13.2 Å². The molecule has 0 bridgehead atoms. The van der Waals surface area contributed by atoms with Crippen molar-refractivity contribution in [2.24, 2.45) is 0 Å². The van der Waals surface area contributed by atoms with Crippen molar-refractivity contribution in [2.45, 2.75) is 25.0 Å². The molecule has 0 fully saturated rings. The van der Waals surface area contributed by atoms with Crippen LogP contribution >= 0.6 is 0 Å². The zero-order valence-electron chi connectivity index (χ0n) is 18.9. The molecular weight excluding hydrogens is 416 g/mol. The van der Waals surface area contributed by atoms with Crippen molar-refractivity contribution in [1.82, 2.24) is 0 Å². The summed E-state index contributed by atoms with van der Waals surface area (Å²) in [5.74, 6) is 6.88. The summed E-state index contributed by atoms with van der Waals surface area (Å²) in [6.07, 6.45) is 11.9. The zero-order chi connectivity index (χ0) is 23.6. The monoisotopic (exact) mass is 442 g/mol. The summed E-state index contributed by atoms with van der Waals surface area (Å²) in [6.45, 7) is 1.04. The molecule has 0 amide bonds. The molecule has 4 aromatic carbocycles. The number of rotatable bonds is 9. The van der Waals surface area contributed by atoms with Crippen molar-refractivity contribution in [1.29, 1.82) is 0 Å². The van der Waals surface area contributed by atoms with Gasteiger partial charge in [0.1, 0.15) is 24.7 Å². The molecule has 2 atom stereocenters. The standard InChI is InChI=1S/C32H26O2/c1-3-31(27-15-19-29(20-16-27)33-23-25-11-7-5-8-12-25)32(4-2)28-17-21-30(22-18-28)34-24-26-13-9-6-10-14-26/h1-2,5-22,31-32H,23-24H2/t31-,32-/m1/s1. The van der Waals surface area contributed by atoms with Gasteiger partial charge in [-0.3, -0.25) is 0 Å². The molecule has 0 saturated carbocycles. The second kappa shape index (κ2) is 11.5. The van der Waals surface area contributed by atoms with Crippen LogP contribution in [0.5, 0.6) is 11.5 Å². The van der Waals surface area contributed by atoms with E-state index in [0.29, 0.717) is 13.2 Å². The lowest BCUT2D eigenvalue weighted by Crippen LogP contribution is -2.08. The van der Waals surface area contributed by atoms with Gasteiger partial charge < -0.3 is 9.47 Å². The quantitative estimate of drug-likeness (QED) is 0.260. The second-order valence-corrected chi connectivity index (χ2v) is 7.98. The third-order valence-corrected chi connectivity index (χ3v) is 5.67. The van der Waals surface area contributed by atoms with Gasteiger partial charge in [0.05, 0.1) is 11.8 Å². The van der Waals surface area contributed by atoms with Gasteiger partial charge in [0.25, 0.3) is 0 Å². The summed E-state index contributed by atoms with van der Waals surface area (Å²) in [5, 5.41) is 0. The predicted octanol–water partition coefficient (Wildman–Crippen LogP) is 6.98. The predicted molar refractivity (Wildman–Crippen MR) is 138 cm³/mol. The highest BCUT2D eigenvalue weighted by molar-refractivity contribution is 5.42. The van der Waals surface area contributed by atoms with Crippen molar-refractivity contribution in [3.05, 3.63) is 131 Å². The van der Waals surface area contributed by atoms with E-state index >= 15 is 0 Å². The molecule has 34 heavy (non-hydrogen) atoms. The average molecular weight is 443 g/mol. The first kappa shape index (κ1) is 22.8. The molecular formula is C32H26O2. The highest BCUT2D eigenvalue weighted by atomic mass is 16.5. The van der Waals surface area contributed by atoms with Crippen LogP contribution in [-0.4, -0.2) is 0 Å². The Morgan fingerprint density at radius 3 is 1.18 bits per heavy atom. The number of ether oxygens (including phenoxy) is 2. The molecule has 4 rings (SSSR count). The molecule has 0 aromatic heterocycles. The minimum atomic E-state index is -0.246. The van der Waals surface area contributed by atoms with E-state index in [-0.39, 0.29) is 11.8 Å². The topological polar surface area (TPSA) is 18.5 Å². The van der Waals surface area contributed by atoms with E-state index in [0.717, 1.165) is 33.8 Å². The third-order valence-electron chi connectivity index (χ3n) is 5.67. The lowest BCUT2D eigenvalue weighted by Gasteiger charge is -2.20. The van der Waals surface area contributed by atoms with Crippen molar-refractivity contribution in [3.8, 4) is 36.2 Å². The van der Waals surface area contributed by atoms with Crippen LogP contribution in [0, 0.1) is 24.7 Å². The molecule has 2 nitrogen and oxygen atoms in total. The largest absolute Gasteiger partial charge is 0.489 e. The molecule has 0 aliphatic carbocycles. The Balaban J connectivity index is 1.41. The van der Waals surface area contributed by atoms with Crippen molar-refractivity contribution >= 4 is 0 Å². The van der Waals surface area contributed by atoms with Crippen LogP contribution in [0.2, 0.25) is 0 Å². The fraction of sp³-hybridized carbons (Fsp3) is 0.125. The fourth-order valence-corrected chi connectivity index (χ4v) is 3.79. The van der Waals surface area contributed by atoms with Crippen LogP contribution < -0.4 is 9.47 Å². The van der Waals surface area contributed by atoms with Crippen molar-refractivity contribution < 1.29 is 9.47 Å². The summed E-state index contributed by atoms with van der Waals surface area (Å²) < 4.78 is 11.8. The Kier molecular flexibility index (Phi) is 7.68. The van der Waals surface area contributed by atoms with Crippen LogP contribution in [0.25, 0.3) is 0 Å². The normalized spacial score (nSPS) is 12.1. The average Bonchev–Trinajstić information content (AvgIpc) is 2.91. The van der Waals surface area contributed by atoms with Gasteiger partial charge in [-0.15, -0.1) is 12.8 Å². The van der Waals surface area contributed by atoms with Crippen molar-refractivity contribution in [3.63, 3.8) is 0 Å². The first-order valence-electron chi connectivity index (χ1n) is 11.2. The number of terminal acetylenes is 2. The number of hydrogen-bond donors (Lipinski definition) is 0. The highest BCUT2D eigenvalue weighted by Crippen LogP contribution is 2.34. The van der Waals surface area contributed by atoms with E-state index in [1.54, 1.807) is 0 Å². The summed E-state index contributed by atoms with van der Waals surface area (Å²) in [6, 6.07) is 35.9. The van der Waals surface area contributed by atoms with Gasteiger partial charge in [-0.2, -0.15) is 0 Å². The Morgan fingerprint density at radius 2 is 0.853 bits per heavy atom. The van der Waals surface area contributed by atoms with Crippen LogP contribution in [0.3, 0.4) is 0 Å². The summed E-state index contributed by atoms with van der Waals surface area (Å²) in [4.78, 5) is 0. The van der Waals surface area contributed by atoms with Gasteiger partial charge in [-0.25, -0.2) is 0 Å². The molecule has 0 aliphatic rings. The minimum Gasteiger partial charge on any atom is -0.489 e. The van der Waals surface area contributed by atoms with Crippen molar-refractivity contribution in [2.75, 3.05) is 0 Å². The zero-order valence-corrected chi connectivity index (χ0v) is 18.9. The van der Waals surface area contributed by atoms with Gasteiger partial charge >= 0.3 is 0 Å². The molecule has 2 heteroatoms. The van der Waals surface area contributed by atoms with Crippen LogP contribution in [0.4, 0.5) is 0 Å². The lowest BCUT2D eigenvalue weighted by atomic mass is 9.82. The molecule has 0 saturated heterocycles. The number of hydrogen-bond acceptors (Lipinski definition) is 2. The second-order valence-electron chi connectivity index (χ2n) is 7.98. The highest BCUT2D eigenvalue weighted by Gasteiger charge is 2.21. The first-order valence-corrected chi connectivity index (χ1v) is 11.2. The lowest BCUT2D eigenvalue weighted by molar-refractivity contribution is 0.306. The molecule has 0 heterocycles. The third kappa shape index (κ3) is 5.89. The van der Waals surface area contributed by atoms with Gasteiger partial charge in [-0.1, -0.05) is 96.8 Å². The Labute approximate surface area is 202 Å². The van der Waals surface area contributed by atoms with Gasteiger partial charge in [-0.05, 0) is 46.5 Å². The fourth-order valence-electron chi connectivity index (χ4n) is 3.79. The van der Waals surface area contributed by atoms with E-state index in [1.165, 1.54) is 0 Å². The Bertz CT molecular complexity index is 1140. The summed E-state index contributed by atoms with van der Waals surface area (Å²) >= 11 is 0. The van der Waals surface area contributed by atoms with Crippen LogP contribution in [0.1, 0.15) is 34.1 Å². The van der Waals surface area contributed by atoms with E-state index in [4.69, 9.17) is 22.3 Å². The van der Waals surface area contributed by atoms with Gasteiger partial charge in [0.2, 0.25) is 0 Å². The minimum absolute atomic E-state index is 0.246. The number of benzene rings is 4. The maximum Gasteiger partial charge on any atom is 0.119 e. The molecule has 0 spiro atoms. The molecule has 166 valence electrons. The van der Waals surface area contributed by atoms with Crippen LogP contribution in [0.15, 0.2) is 109 Å². The molecule has 0 radical (unpaired) electrons. The van der Waals surface area contributed by atoms with E-state index in [2.05, 4.69) is 11.8 Å².